The van der Waals surface area contributed by atoms with E-state index in [0.29, 0.717) is 18.7 Å². The molecule has 92 valence electrons. The number of rotatable bonds is 6. The Labute approximate surface area is 106 Å². The average Bonchev–Trinajstić information content (AvgIpc) is 2.36. The third-order valence-electron chi connectivity index (χ3n) is 2.09. The number of hydrogen-bond acceptors (Lipinski definition) is 4. The minimum atomic E-state index is 0.00283. The topological polar surface area (TPSA) is 38.7 Å². The van der Waals surface area contributed by atoms with Gasteiger partial charge in [0.1, 0.15) is 12.3 Å². The van der Waals surface area contributed by atoms with Crippen molar-refractivity contribution in [3.05, 3.63) is 35.9 Å². The number of nitrogens with zero attached hydrogens (tertiary/aromatic N) is 1. The van der Waals surface area contributed by atoms with E-state index in [-0.39, 0.29) is 5.12 Å². The van der Waals surface area contributed by atoms with E-state index < -0.39 is 0 Å². The molecule has 0 heterocycles. The van der Waals surface area contributed by atoms with Crippen molar-refractivity contribution in [2.24, 2.45) is 5.16 Å². The summed E-state index contributed by atoms with van der Waals surface area (Å²) in [5, 5.41) is 3.91. The second-order valence-electron chi connectivity index (χ2n) is 3.37. The number of oxime groups is 1. The van der Waals surface area contributed by atoms with Crippen LogP contribution in [0.2, 0.25) is 0 Å². The maximum Gasteiger partial charge on any atom is 0.236 e. The third kappa shape index (κ3) is 5.04. The van der Waals surface area contributed by atoms with Gasteiger partial charge in [-0.2, -0.15) is 0 Å². The Morgan fingerprint density at radius 3 is 2.59 bits per heavy atom. The first-order valence-corrected chi connectivity index (χ1v) is 6.66. The molecule has 0 N–H and O–H groups in total. The highest BCUT2D eigenvalue weighted by Crippen LogP contribution is 2.07. The van der Waals surface area contributed by atoms with Crippen molar-refractivity contribution < 1.29 is 9.63 Å². The molecule has 0 aliphatic heterocycles. The first-order chi connectivity index (χ1) is 8.27. The number of thioether (sulfide) groups is 1. The molecule has 0 bridgehead atoms. The molecule has 17 heavy (non-hydrogen) atoms. The van der Waals surface area contributed by atoms with Gasteiger partial charge in [0.05, 0.1) is 0 Å². The van der Waals surface area contributed by atoms with E-state index >= 15 is 0 Å². The van der Waals surface area contributed by atoms with E-state index in [0.717, 1.165) is 11.3 Å². The van der Waals surface area contributed by atoms with Gasteiger partial charge in [-0.3, -0.25) is 4.79 Å². The van der Waals surface area contributed by atoms with Crippen LogP contribution < -0.4 is 0 Å². The highest BCUT2D eigenvalue weighted by atomic mass is 32.2. The van der Waals surface area contributed by atoms with Gasteiger partial charge in [0.2, 0.25) is 5.12 Å². The zero-order chi connectivity index (χ0) is 12.5. The van der Waals surface area contributed by atoms with Crippen LogP contribution in [0.5, 0.6) is 0 Å². The lowest BCUT2D eigenvalue weighted by molar-refractivity contribution is -0.105. The number of carbonyl (C=O) groups excluding carboxylic acids is 1. The van der Waals surface area contributed by atoms with E-state index in [1.807, 2.05) is 44.2 Å². The lowest BCUT2D eigenvalue weighted by Crippen LogP contribution is -2.10. The summed E-state index contributed by atoms with van der Waals surface area (Å²) < 4.78 is 0. The summed E-state index contributed by atoms with van der Waals surface area (Å²) in [5.74, 6) is 0.760. The third-order valence-corrected chi connectivity index (χ3v) is 2.88. The van der Waals surface area contributed by atoms with Gasteiger partial charge in [-0.25, -0.2) is 0 Å². The molecule has 0 atom stereocenters. The summed E-state index contributed by atoms with van der Waals surface area (Å²) in [6, 6.07) is 9.77. The second-order valence-corrected chi connectivity index (χ2v) is 4.61. The molecule has 4 heteroatoms. The zero-order valence-electron chi connectivity index (χ0n) is 10.2. The standard InChI is InChI=1S/C13H17NO2S/c1-3-12(13(15)17-4-2)14-16-10-11-8-6-5-7-9-11/h5-9H,3-4,10H2,1-2H3. The van der Waals surface area contributed by atoms with Crippen molar-refractivity contribution in [3.8, 4) is 0 Å². The van der Waals surface area contributed by atoms with Crippen LogP contribution in [0, 0.1) is 0 Å². The first kappa shape index (κ1) is 13.8. The van der Waals surface area contributed by atoms with Gasteiger partial charge in [-0.05, 0) is 17.7 Å². The molecule has 0 spiro atoms. The van der Waals surface area contributed by atoms with Crippen molar-refractivity contribution in [3.63, 3.8) is 0 Å². The van der Waals surface area contributed by atoms with Gasteiger partial charge >= 0.3 is 0 Å². The Morgan fingerprint density at radius 1 is 1.29 bits per heavy atom. The van der Waals surface area contributed by atoms with Gasteiger partial charge in [0.25, 0.3) is 0 Å². The maximum absolute atomic E-state index is 11.6. The summed E-state index contributed by atoms with van der Waals surface area (Å²) in [4.78, 5) is 16.8. The fraction of sp³-hybridized carbons (Fsp3) is 0.385. The van der Waals surface area contributed by atoms with E-state index in [1.165, 1.54) is 11.8 Å². The molecule has 0 aliphatic rings. The van der Waals surface area contributed by atoms with Gasteiger partial charge in [0.15, 0.2) is 0 Å². The molecule has 1 aromatic rings. The fourth-order valence-corrected chi connectivity index (χ4v) is 1.83. The predicted molar refractivity (Wildman–Crippen MR) is 72.1 cm³/mol. The Bertz CT molecular complexity index is 376. The summed E-state index contributed by atoms with van der Waals surface area (Å²) in [7, 11) is 0. The number of hydrogen-bond donors (Lipinski definition) is 0. The van der Waals surface area contributed by atoms with E-state index in [1.54, 1.807) is 0 Å². The minimum Gasteiger partial charge on any atom is -0.391 e. The van der Waals surface area contributed by atoms with Crippen LogP contribution in [0.1, 0.15) is 25.8 Å². The number of carbonyl (C=O) groups is 1. The van der Waals surface area contributed by atoms with E-state index in [2.05, 4.69) is 5.16 Å². The van der Waals surface area contributed by atoms with Gasteiger partial charge in [0, 0.05) is 0 Å². The van der Waals surface area contributed by atoms with E-state index in [4.69, 9.17) is 4.84 Å². The van der Waals surface area contributed by atoms with Gasteiger partial charge < -0.3 is 4.84 Å². The SMILES string of the molecule is CCSC(=O)C(CC)=NOCc1ccccc1. The minimum absolute atomic E-state index is 0.00283. The quantitative estimate of drug-likeness (QED) is 0.575. The molecular weight excluding hydrogens is 234 g/mol. The van der Waals surface area contributed by atoms with Crippen LogP contribution >= 0.6 is 11.8 Å². The van der Waals surface area contributed by atoms with Crippen molar-refractivity contribution >= 4 is 22.6 Å². The highest BCUT2D eigenvalue weighted by molar-refractivity contribution is 8.15. The van der Waals surface area contributed by atoms with Crippen LogP contribution in [0.15, 0.2) is 35.5 Å². The second kappa shape index (κ2) is 7.90. The summed E-state index contributed by atoms with van der Waals surface area (Å²) in [6.07, 6.45) is 0.598. The van der Waals surface area contributed by atoms with E-state index in [9.17, 15) is 4.79 Å². The molecule has 0 radical (unpaired) electrons. The molecule has 0 saturated heterocycles. The molecule has 0 fully saturated rings. The molecule has 0 aliphatic carbocycles. The molecule has 3 nitrogen and oxygen atoms in total. The average molecular weight is 251 g/mol. The van der Waals surface area contributed by atoms with Crippen molar-refractivity contribution in [1.29, 1.82) is 0 Å². The summed E-state index contributed by atoms with van der Waals surface area (Å²) in [6.45, 7) is 4.24. The number of benzene rings is 1. The molecule has 1 rings (SSSR count). The highest BCUT2D eigenvalue weighted by Gasteiger charge is 2.09. The largest absolute Gasteiger partial charge is 0.391 e. The van der Waals surface area contributed by atoms with Crippen molar-refractivity contribution in [2.45, 2.75) is 26.9 Å². The Balaban J connectivity index is 2.48. The molecule has 1 aromatic carbocycles. The zero-order valence-corrected chi connectivity index (χ0v) is 11.0. The molecular formula is C13H17NO2S. The van der Waals surface area contributed by atoms with Crippen LogP contribution in [0.4, 0.5) is 0 Å². The Morgan fingerprint density at radius 2 is 2.00 bits per heavy atom. The Kier molecular flexibility index (Phi) is 6.40. The van der Waals surface area contributed by atoms with Crippen LogP contribution in [0.3, 0.4) is 0 Å². The molecule has 0 amide bonds. The normalized spacial score (nSPS) is 11.3. The fourth-order valence-electron chi connectivity index (χ4n) is 1.22. The van der Waals surface area contributed by atoms with Crippen molar-refractivity contribution in [2.75, 3.05) is 5.75 Å². The van der Waals surface area contributed by atoms with Crippen LogP contribution in [-0.4, -0.2) is 16.6 Å². The lowest BCUT2D eigenvalue weighted by Gasteiger charge is -2.03. The predicted octanol–water partition coefficient (Wildman–Crippen LogP) is 3.25. The first-order valence-electron chi connectivity index (χ1n) is 5.67. The van der Waals surface area contributed by atoms with Gasteiger partial charge in [-0.15, -0.1) is 0 Å². The lowest BCUT2D eigenvalue weighted by atomic mass is 10.2. The molecule has 0 saturated carbocycles. The monoisotopic (exact) mass is 251 g/mol. The van der Waals surface area contributed by atoms with Crippen LogP contribution in [-0.2, 0) is 16.2 Å². The maximum atomic E-state index is 11.6. The van der Waals surface area contributed by atoms with Crippen molar-refractivity contribution in [1.82, 2.24) is 0 Å². The molecule has 0 unspecified atom stereocenters. The summed E-state index contributed by atoms with van der Waals surface area (Å²) in [5.41, 5.74) is 1.54. The smallest absolute Gasteiger partial charge is 0.236 e. The molecule has 0 aromatic heterocycles. The van der Waals surface area contributed by atoms with Crippen LogP contribution in [0.25, 0.3) is 0 Å². The van der Waals surface area contributed by atoms with Gasteiger partial charge in [-0.1, -0.05) is 61.1 Å². The Hall–Kier alpha value is -1.29. The summed E-state index contributed by atoms with van der Waals surface area (Å²) >= 11 is 1.26.